The van der Waals surface area contributed by atoms with Crippen LogP contribution in [0.15, 0.2) is 23.0 Å². The van der Waals surface area contributed by atoms with Gasteiger partial charge in [0.25, 0.3) is 0 Å². The molecular formula is C16H19N5O2. The number of nitrogens with one attached hydrogen (secondary N) is 3. The molecule has 0 radical (unpaired) electrons. The van der Waals surface area contributed by atoms with E-state index in [1.165, 1.54) is 0 Å². The third-order valence-corrected chi connectivity index (χ3v) is 4.06. The molecule has 0 atom stereocenters. The molecule has 0 aliphatic rings. The zero-order valence-corrected chi connectivity index (χ0v) is 13.4. The molecule has 3 rings (SSSR count). The van der Waals surface area contributed by atoms with Crippen LogP contribution >= 0.6 is 0 Å². The molecular weight excluding hydrogens is 294 g/mol. The largest absolute Gasteiger partial charge is 0.326 e. The first-order valence-electron chi connectivity index (χ1n) is 7.45. The van der Waals surface area contributed by atoms with Gasteiger partial charge in [-0.15, -0.1) is 0 Å². The zero-order valence-electron chi connectivity index (χ0n) is 13.4. The summed E-state index contributed by atoms with van der Waals surface area (Å²) in [7, 11) is 1.90. The van der Waals surface area contributed by atoms with Crippen LogP contribution in [0.2, 0.25) is 0 Å². The van der Waals surface area contributed by atoms with Crippen molar-refractivity contribution in [2.24, 2.45) is 7.05 Å². The predicted octanol–water partition coefficient (Wildman–Crippen LogP) is 1.78. The maximum atomic E-state index is 12.1. The molecule has 1 amide bonds. The molecule has 0 aliphatic carbocycles. The fraction of sp³-hybridized carbons (Fsp3) is 0.312. The molecule has 1 aromatic carbocycles. The van der Waals surface area contributed by atoms with Gasteiger partial charge in [-0.1, -0.05) is 0 Å². The second-order valence-corrected chi connectivity index (χ2v) is 5.66. The SMILES string of the molecule is Cc1nn(C)c(C)c1CCC(=O)Nc1ccc2[nH]c(=O)[nH]c2c1. The van der Waals surface area contributed by atoms with E-state index < -0.39 is 0 Å². The van der Waals surface area contributed by atoms with E-state index in [1.807, 2.05) is 25.6 Å². The van der Waals surface area contributed by atoms with E-state index in [0.29, 0.717) is 24.0 Å². The van der Waals surface area contributed by atoms with Crippen LogP contribution in [0.25, 0.3) is 11.0 Å². The lowest BCUT2D eigenvalue weighted by Gasteiger charge is -2.06. The van der Waals surface area contributed by atoms with E-state index in [0.717, 1.165) is 22.5 Å². The Morgan fingerprint density at radius 2 is 2.00 bits per heavy atom. The van der Waals surface area contributed by atoms with Crippen molar-refractivity contribution in [3.05, 3.63) is 45.6 Å². The molecule has 7 heteroatoms. The number of benzene rings is 1. The third-order valence-electron chi connectivity index (χ3n) is 4.06. The molecule has 0 spiro atoms. The van der Waals surface area contributed by atoms with Gasteiger partial charge < -0.3 is 15.3 Å². The number of carbonyl (C=O) groups excluding carboxylic acids is 1. The fourth-order valence-corrected chi connectivity index (χ4v) is 2.75. The number of fused-ring (bicyclic) bond motifs is 1. The average molecular weight is 313 g/mol. The molecule has 0 unspecified atom stereocenters. The lowest BCUT2D eigenvalue weighted by molar-refractivity contribution is -0.116. The number of hydrogen-bond donors (Lipinski definition) is 3. The maximum absolute atomic E-state index is 12.1. The van der Waals surface area contributed by atoms with Gasteiger partial charge in [0.15, 0.2) is 0 Å². The molecule has 7 nitrogen and oxygen atoms in total. The van der Waals surface area contributed by atoms with E-state index in [-0.39, 0.29) is 11.6 Å². The Morgan fingerprint density at radius 3 is 2.70 bits per heavy atom. The minimum absolute atomic E-state index is 0.0649. The first-order valence-corrected chi connectivity index (χ1v) is 7.45. The first-order chi connectivity index (χ1) is 10.9. The number of aromatic nitrogens is 4. The topological polar surface area (TPSA) is 95.6 Å². The predicted molar refractivity (Wildman–Crippen MR) is 88.6 cm³/mol. The summed E-state index contributed by atoms with van der Waals surface area (Å²) in [5.74, 6) is -0.0649. The summed E-state index contributed by atoms with van der Waals surface area (Å²) in [6.07, 6.45) is 1.04. The van der Waals surface area contributed by atoms with E-state index in [2.05, 4.69) is 20.4 Å². The Labute approximate surface area is 132 Å². The van der Waals surface area contributed by atoms with Crippen LogP contribution in [0.3, 0.4) is 0 Å². The molecule has 0 saturated carbocycles. The summed E-state index contributed by atoms with van der Waals surface area (Å²) < 4.78 is 1.83. The van der Waals surface area contributed by atoms with Gasteiger partial charge in [-0.05, 0) is 44.0 Å². The van der Waals surface area contributed by atoms with Gasteiger partial charge in [-0.25, -0.2) is 4.79 Å². The second-order valence-electron chi connectivity index (χ2n) is 5.66. The van der Waals surface area contributed by atoms with Crippen LogP contribution in [-0.4, -0.2) is 25.7 Å². The minimum Gasteiger partial charge on any atom is -0.326 e. The zero-order chi connectivity index (χ0) is 16.6. The standard InChI is InChI=1S/C16H19N5O2/c1-9-12(10(2)21(3)20-9)5-7-15(22)17-11-4-6-13-14(8-11)19-16(23)18-13/h4,6,8H,5,7H2,1-3H3,(H,17,22)(H2,18,19,23). The first kappa shape index (κ1) is 15.1. The third kappa shape index (κ3) is 3.03. The van der Waals surface area contributed by atoms with Crippen LogP contribution in [0.1, 0.15) is 23.4 Å². The Hall–Kier alpha value is -2.83. The van der Waals surface area contributed by atoms with Crippen molar-refractivity contribution < 1.29 is 4.79 Å². The maximum Gasteiger partial charge on any atom is 0.323 e. The Balaban J connectivity index is 1.67. The summed E-state index contributed by atoms with van der Waals surface area (Å²) in [5.41, 5.74) is 4.96. The van der Waals surface area contributed by atoms with Crippen LogP contribution < -0.4 is 11.0 Å². The van der Waals surface area contributed by atoms with Gasteiger partial charge in [0.2, 0.25) is 5.91 Å². The molecule has 2 aromatic heterocycles. The van der Waals surface area contributed by atoms with E-state index in [1.54, 1.807) is 18.2 Å². The molecule has 120 valence electrons. The number of nitrogens with zero attached hydrogens (tertiary/aromatic N) is 2. The number of H-pyrrole nitrogens is 2. The van der Waals surface area contributed by atoms with Crippen LogP contribution in [0.5, 0.6) is 0 Å². The molecule has 23 heavy (non-hydrogen) atoms. The Morgan fingerprint density at radius 1 is 1.26 bits per heavy atom. The molecule has 0 aliphatic heterocycles. The van der Waals surface area contributed by atoms with E-state index >= 15 is 0 Å². The smallest absolute Gasteiger partial charge is 0.323 e. The van der Waals surface area contributed by atoms with Gasteiger partial charge in [-0.2, -0.15) is 5.10 Å². The number of hydrogen-bond acceptors (Lipinski definition) is 3. The minimum atomic E-state index is -0.258. The van der Waals surface area contributed by atoms with Crippen LogP contribution in [0.4, 0.5) is 5.69 Å². The van der Waals surface area contributed by atoms with Crippen LogP contribution in [0, 0.1) is 13.8 Å². The summed E-state index contributed by atoms with van der Waals surface area (Å²) in [4.78, 5) is 28.7. The van der Waals surface area contributed by atoms with E-state index in [4.69, 9.17) is 0 Å². The molecule has 3 N–H and O–H groups in total. The van der Waals surface area contributed by atoms with Crippen molar-refractivity contribution in [2.45, 2.75) is 26.7 Å². The second kappa shape index (κ2) is 5.75. The van der Waals surface area contributed by atoms with Crippen molar-refractivity contribution in [3.8, 4) is 0 Å². The van der Waals surface area contributed by atoms with Gasteiger partial charge in [0, 0.05) is 24.8 Å². The Bertz CT molecular complexity index is 932. The average Bonchev–Trinajstić information content (AvgIpc) is 2.96. The highest BCUT2D eigenvalue weighted by Gasteiger charge is 2.11. The number of carbonyl (C=O) groups is 1. The summed E-state index contributed by atoms with van der Waals surface area (Å²) >= 11 is 0. The number of anilines is 1. The van der Waals surface area contributed by atoms with Gasteiger partial charge in [-0.3, -0.25) is 9.48 Å². The number of aryl methyl sites for hydroxylation is 2. The number of amides is 1. The van der Waals surface area contributed by atoms with Crippen molar-refractivity contribution in [2.75, 3.05) is 5.32 Å². The van der Waals surface area contributed by atoms with Gasteiger partial charge >= 0.3 is 5.69 Å². The lowest BCUT2D eigenvalue weighted by Crippen LogP contribution is -2.12. The molecule has 0 saturated heterocycles. The highest BCUT2D eigenvalue weighted by Crippen LogP contribution is 2.17. The highest BCUT2D eigenvalue weighted by molar-refractivity contribution is 5.93. The van der Waals surface area contributed by atoms with Crippen molar-refractivity contribution in [1.29, 1.82) is 0 Å². The number of imidazole rings is 1. The van der Waals surface area contributed by atoms with Gasteiger partial charge in [0.05, 0.1) is 16.7 Å². The number of rotatable bonds is 4. The summed E-state index contributed by atoms with van der Waals surface area (Å²) in [6, 6.07) is 5.27. The monoisotopic (exact) mass is 313 g/mol. The molecule has 2 heterocycles. The molecule has 3 aromatic rings. The van der Waals surface area contributed by atoms with Gasteiger partial charge in [0.1, 0.15) is 0 Å². The number of aromatic amines is 2. The normalized spacial score (nSPS) is 11.1. The van der Waals surface area contributed by atoms with Crippen LogP contribution in [-0.2, 0) is 18.3 Å². The fourth-order valence-electron chi connectivity index (χ4n) is 2.75. The Kier molecular flexibility index (Phi) is 3.77. The van der Waals surface area contributed by atoms with E-state index in [9.17, 15) is 9.59 Å². The highest BCUT2D eigenvalue weighted by atomic mass is 16.1. The summed E-state index contributed by atoms with van der Waals surface area (Å²) in [6.45, 7) is 3.96. The summed E-state index contributed by atoms with van der Waals surface area (Å²) in [5, 5.41) is 7.21. The lowest BCUT2D eigenvalue weighted by atomic mass is 10.1. The van der Waals surface area contributed by atoms with Crippen molar-refractivity contribution >= 4 is 22.6 Å². The van der Waals surface area contributed by atoms with Crippen molar-refractivity contribution in [1.82, 2.24) is 19.7 Å². The van der Waals surface area contributed by atoms with Crippen molar-refractivity contribution in [3.63, 3.8) is 0 Å². The molecule has 0 bridgehead atoms. The quantitative estimate of drug-likeness (QED) is 0.685. The molecule has 0 fully saturated rings.